The Balaban J connectivity index is 2.15. The number of nitrogen functional groups attached to an aromatic ring is 1. The van der Waals surface area contributed by atoms with Crippen molar-refractivity contribution in [3.63, 3.8) is 0 Å². The smallest absolute Gasteiger partial charge is 0.141 e. The first-order valence-electron chi connectivity index (χ1n) is 4.79. The van der Waals surface area contributed by atoms with Crippen molar-refractivity contribution in [2.24, 2.45) is 0 Å². The summed E-state index contributed by atoms with van der Waals surface area (Å²) >= 11 is 0. The number of benzene rings is 1. The lowest BCUT2D eigenvalue weighted by Crippen LogP contribution is -1.91. The van der Waals surface area contributed by atoms with Crippen LogP contribution in [0.3, 0.4) is 0 Å². The van der Waals surface area contributed by atoms with Gasteiger partial charge in [-0.2, -0.15) is 0 Å². The van der Waals surface area contributed by atoms with Crippen LogP contribution >= 0.6 is 0 Å². The van der Waals surface area contributed by atoms with Crippen molar-refractivity contribution in [3.8, 4) is 5.75 Å². The van der Waals surface area contributed by atoms with Gasteiger partial charge in [-0.1, -0.05) is 18.2 Å². The number of hydrogen-bond acceptors (Lipinski definition) is 4. The minimum atomic E-state index is 0.254. The van der Waals surface area contributed by atoms with Crippen LogP contribution in [0.4, 0.5) is 5.82 Å². The van der Waals surface area contributed by atoms with Gasteiger partial charge in [0, 0.05) is 0 Å². The minimum Gasteiger partial charge on any atom is -0.508 e. The lowest BCUT2D eigenvalue weighted by atomic mass is 10.2. The SMILES string of the molecule is Nc1cnc(C=Cc2ccc(O)cc2)cn1. The molecular formula is C12H11N3O. The molecule has 0 unspecified atom stereocenters. The van der Waals surface area contributed by atoms with Crippen molar-refractivity contribution < 1.29 is 5.11 Å². The standard InChI is InChI=1S/C12H11N3O/c13-12-8-14-10(7-15-12)4-1-9-2-5-11(16)6-3-9/h1-8,16H,(H2,13,15). The number of nitrogens with zero attached hydrogens (tertiary/aromatic N) is 2. The first kappa shape index (κ1) is 10.2. The maximum absolute atomic E-state index is 9.11. The van der Waals surface area contributed by atoms with Crippen LogP contribution in [-0.4, -0.2) is 15.1 Å². The predicted octanol–water partition coefficient (Wildman–Crippen LogP) is 1.93. The van der Waals surface area contributed by atoms with Gasteiger partial charge in [0.15, 0.2) is 0 Å². The van der Waals surface area contributed by atoms with Crippen molar-refractivity contribution in [1.82, 2.24) is 9.97 Å². The fourth-order valence-electron chi connectivity index (χ4n) is 1.20. The van der Waals surface area contributed by atoms with Gasteiger partial charge in [-0.15, -0.1) is 0 Å². The number of nitrogens with two attached hydrogens (primary N) is 1. The van der Waals surface area contributed by atoms with Gasteiger partial charge in [-0.25, -0.2) is 4.98 Å². The van der Waals surface area contributed by atoms with Crippen LogP contribution in [0.1, 0.15) is 11.3 Å². The Morgan fingerprint density at radius 3 is 2.38 bits per heavy atom. The highest BCUT2D eigenvalue weighted by Crippen LogP contribution is 2.12. The van der Waals surface area contributed by atoms with E-state index < -0.39 is 0 Å². The topological polar surface area (TPSA) is 72.0 Å². The summed E-state index contributed by atoms with van der Waals surface area (Å²) in [5.41, 5.74) is 7.15. The highest BCUT2D eigenvalue weighted by atomic mass is 16.3. The maximum Gasteiger partial charge on any atom is 0.141 e. The Labute approximate surface area is 93.1 Å². The van der Waals surface area contributed by atoms with Crippen molar-refractivity contribution in [2.45, 2.75) is 0 Å². The molecule has 2 aromatic rings. The molecule has 0 aliphatic carbocycles. The summed E-state index contributed by atoms with van der Waals surface area (Å²) in [5, 5.41) is 9.11. The van der Waals surface area contributed by atoms with Crippen LogP contribution in [0.2, 0.25) is 0 Å². The normalized spacial score (nSPS) is 10.8. The van der Waals surface area contributed by atoms with Crippen LogP contribution < -0.4 is 5.73 Å². The lowest BCUT2D eigenvalue weighted by molar-refractivity contribution is 0.475. The molecule has 1 aromatic heterocycles. The van der Waals surface area contributed by atoms with E-state index in [0.717, 1.165) is 11.3 Å². The van der Waals surface area contributed by atoms with Gasteiger partial charge in [0.25, 0.3) is 0 Å². The van der Waals surface area contributed by atoms with Crippen molar-refractivity contribution >= 4 is 18.0 Å². The maximum atomic E-state index is 9.11. The zero-order valence-electron chi connectivity index (χ0n) is 8.54. The molecule has 0 saturated carbocycles. The summed E-state index contributed by atoms with van der Waals surface area (Å²) in [6, 6.07) is 6.90. The Hall–Kier alpha value is -2.36. The first-order chi connectivity index (χ1) is 7.74. The molecule has 0 bridgehead atoms. The first-order valence-corrected chi connectivity index (χ1v) is 4.79. The molecule has 4 nitrogen and oxygen atoms in total. The van der Waals surface area contributed by atoms with Gasteiger partial charge in [-0.05, 0) is 23.8 Å². The molecule has 16 heavy (non-hydrogen) atoms. The monoisotopic (exact) mass is 213 g/mol. The lowest BCUT2D eigenvalue weighted by Gasteiger charge is -1.95. The van der Waals surface area contributed by atoms with Crippen molar-refractivity contribution in [1.29, 1.82) is 0 Å². The number of anilines is 1. The Morgan fingerprint density at radius 1 is 1.00 bits per heavy atom. The molecule has 0 fully saturated rings. The molecule has 1 aromatic carbocycles. The number of rotatable bonds is 2. The molecule has 80 valence electrons. The Morgan fingerprint density at radius 2 is 1.75 bits per heavy atom. The number of aromatic nitrogens is 2. The van der Waals surface area contributed by atoms with E-state index in [4.69, 9.17) is 10.8 Å². The second-order valence-corrected chi connectivity index (χ2v) is 3.29. The van der Waals surface area contributed by atoms with E-state index in [9.17, 15) is 0 Å². The molecule has 1 heterocycles. The van der Waals surface area contributed by atoms with Gasteiger partial charge in [-0.3, -0.25) is 4.98 Å². The van der Waals surface area contributed by atoms with Crippen LogP contribution in [0.15, 0.2) is 36.7 Å². The molecular weight excluding hydrogens is 202 g/mol. The number of phenols is 1. The zero-order chi connectivity index (χ0) is 11.4. The average molecular weight is 213 g/mol. The quantitative estimate of drug-likeness (QED) is 0.799. The second-order valence-electron chi connectivity index (χ2n) is 3.29. The van der Waals surface area contributed by atoms with Gasteiger partial charge in [0.2, 0.25) is 0 Å². The van der Waals surface area contributed by atoms with E-state index in [2.05, 4.69) is 9.97 Å². The number of hydrogen-bond donors (Lipinski definition) is 2. The Bertz CT molecular complexity index is 441. The van der Waals surface area contributed by atoms with E-state index in [0.29, 0.717) is 5.82 Å². The summed E-state index contributed by atoms with van der Waals surface area (Å²) in [4.78, 5) is 8.02. The summed E-state index contributed by atoms with van der Waals surface area (Å²) in [5.74, 6) is 0.659. The molecule has 4 heteroatoms. The Kier molecular flexibility index (Phi) is 2.82. The fourth-order valence-corrected chi connectivity index (χ4v) is 1.20. The van der Waals surface area contributed by atoms with Crippen LogP contribution in [0.25, 0.3) is 12.2 Å². The summed E-state index contributed by atoms with van der Waals surface area (Å²) in [6.07, 6.45) is 6.83. The third kappa shape index (κ3) is 2.57. The van der Waals surface area contributed by atoms with Gasteiger partial charge >= 0.3 is 0 Å². The average Bonchev–Trinajstić information content (AvgIpc) is 2.30. The minimum absolute atomic E-state index is 0.254. The van der Waals surface area contributed by atoms with Crippen molar-refractivity contribution in [3.05, 3.63) is 47.9 Å². The highest BCUT2D eigenvalue weighted by Gasteiger charge is 1.91. The van der Waals surface area contributed by atoms with Gasteiger partial charge in [0.05, 0.1) is 18.1 Å². The molecule has 0 spiro atoms. The third-order valence-corrected chi connectivity index (χ3v) is 2.03. The molecule has 0 aliphatic rings. The summed E-state index contributed by atoms with van der Waals surface area (Å²) in [7, 11) is 0. The van der Waals surface area contributed by atoms with E-state index in [1.807, 2.05) is 24.3 Å². The van der Waals surface area contributed by atoms with Crippen LogP contribution in [0, 0.1) is 0 Å². The van der Waals surface area contributed by atoms with Crippen LogP contribution in [0.5, 0.6) is 5.75 Å². The summed E-state index contributed by atoms with van der Waals surface area (Å²) in [6.45, 7) is 0. The summed E-state index contributed by atoms with van der Waals surface area (Å²) < 4.78 is 0. The molecule has 2 rings (SSSR count). The van der Waals surface area contributed by atoms with E-state index in [1.165, 1.54) is 6.20 Å². The van der Waals surface area contributed by atoms with E-state index >= 15 is 0 Å². The van der Waals surface area contributed by atoms with E-state index in [-0.39, 0.29) is 5.75 Å². The largest absolute Gasteiger partial charge is 0.508 e. The predicted molar refractivity (Wildman–Crippen MR) is 63.5 cm³/mol. The number of aromatic hydroxyl groups is 1. The second kappa shape index (κ2) is 4.44. The molecule has 0 amide bonds. The van der Waals surface area contributed by atoms with E-state index in [1.54, 1.807) is 18.3 Å². The molecule has 0 saturated heterocycles. The number of phenolic OH excluding ortho intramolecular Hbond substituents is 1. The van der Waals surface area contributed by atoms with Crippen molar-refractivity contribution in [2.75, 3.05) is 5.73 Å². The fraction of sp³-hybridized carbons (Fsp3) is 0. The molecule has 3 N–H and O–H groups in total. The highest BCUT2D eigenvalue weighted by molar-refractivity contribution is 5.67. The van der Waals surface area contributed by atoms with Crippen LogP contribution in [-0.2, 0) is 0 Å². The molecule has 0 atom stereocenters. The third-order valence-electron chi connectivity index (χ3n) is 2.03. The van der Waals surface area contributed by atoms with Gasteiger partial charge < -0.3 is 10.8 Å². The molecule has 0 aliphatic heterocycles. The zero-order valence-corrected chi connectivity index (χ0v) is 8.54. The molecule has 0 radical (unpaired) electrons. The van der Waals surface area contributed by atoms with Gasteiger partial charge in [0.1, 0.15) is 11.6 Å².